The Bertz CT molecular complexity index is 526. The number of nitrogens with zero attached hydrogens (tertiary/aromatic N) is 1. The zero-order chi connectivity index (χ0) is 16.0. The lowest BCUT2D eigenvalue weighted by Gasteiger charge is -2.22. The molecule has 0 heterocycles. The predicted octanol–water partition coefficient (Wildman–Crippen LogP) is 2.25. The average molecular weight is 292 g/mol. The van der Waals surface area contributed by atoms with Gasteiger partial charge in [0.25, 0.3) is 0 Å². The van der Waals surface area contributed by atoms with Gasteiger partial charge in [-0.15, -0.1) is 0 Å². The molecule has 1 rings (SSSR count). The number of imide groups is 1. The van der Waals surface area contributed by atoms with Crippen LogP contribution in [0, 0.1) is 5.41 Å². The van der Waals surface area contributed by atoms with Crippen LogP contribution in [0.25, 0.3) is 0 Å². The third-order valence-corrected chi connectivity index (χ3v) is 2.96. The van der Waals surface area contributed by atoms with E-state index in [1.54, 1.807) is 45.2 Å². The van der Waals surface area contributed by atoms with Crippen LogP contribution in [0.3, 0.4) is 0 Å². The van der Waals surface area contributed by atoms with E-state index in [9.17, 15) is 14.4 Å². The van der Waals surface area contributed by atoms with Crippen LogP contribution in [0.15, 0.2) is 30.3 Å². The van der Waals surface area contributed by atoms with E-state index in [0.717, 1.165) is 0 Å². The highest BCUT2D eigenvalue weighted by molar-refractivity contribution is 6.02. The molecule has 0 fully saturated rings. The fraction of sp³-hybridized carbons (Fsp3) is 0.400. The number of aliphatic carboxylic acids is 1. The smallest absolute Gasteiger partial charge is 0.328 e. The van der Waals surface area contributed by atoms with Crippen LogP contribution in [-0.4, -0.2) is 30.1 Å². The standard InChI is InChI=1S/C15H20N2O4/c1-15(2,10-13(19)20)9-12(18)16-14(21)17(3)11-7-5-4-6-8-11/h4-8H,9-10H2,1-3H3,(H,19,20)(H,16,18,21). The molecule has 0 saturated heterocycles. The molecular formula is C15H20N2O4. The van der Waals surface area contributed by atoms with Gasteiger partial charge >= 0.3 is 12.0 Å². The maximum atomic E-state index is 11.9. The number of amides is 3. The number of carboxylic acid groups (broad SMARTS) is 1. The van der Waals surface area contributed by atoms with Gasteiger partial charge in [-0.05, 0) is 17.5 Å². The second-order valence-corrected chi connectivity index (χ2v) is 5.66. The zero-order valence-electron chi connectivity index (χ0n) is 12.4. The van der Waals surface area contributed by atoms with Gasteiger partial charge in [0, 0.05) is 19.2 Å². The number of carboxylic acids is 1. The summed E-state index contributed by atoms with van der Waals surface area (Å²) < 4.78 is 0. The summed E-state index contributed by atoms with van der Waals surface area (Å²) in [5, 5.41) is 11.0. The molecule has 114 valence electrons. The van der Waals surface area contributed by atoms with Crippen molar-refractivity contribution < 1.29 is 19.5 Å². The Labute approximate surface area is 123 Å². The first-order chi connectivity index (χ1) is 9.71. The number of benzene rings is 1. The minimum absolute atomic E-state index is 0.0341. The van der Waals surface area contributed by atoms with Gasteiger partial charge in [0.2, 0.25) is 5.91 Å². The summed E-state index contributed by atoms with van der Waals surface area (Å²) in [5.41, 5.74) is -0.0470. The molecule has 3 amide bonds. The first-order valence-corrected chi connectivity index (χ1v) is 6.56. The molecule has 21 heavy (non-hydrogen) atoms. The maximum Gasteiger partial charge on any atom is 0.328 e. The fourth-order valence-corrected chi connectivity index (χ4v) is 1.92. The monoisotopic (exact) mass is 292 g/mol. The van der Waals surface area contributed by atoms with Crippen molar-refractivity contribution in [2.45, 2.75) is 26.7 Å². The van der Waals surface area contributed by atoms with Crippen molar-refractivity contribution in [3.63, 3.8) is 0 Å². The van der Waals surface area contributed by atoms with Gasteiger partial charge in [0.15, 0.2) is 0 Å². The first-order valence-electron chi connectivity index (χ1n) is 6.56. The quantitative estimate of drug-likeness (QED) is 0.871. The summed E-state index contributed by atoms with van der Waals surface area (Å²) in [6.07, 6.45) is -0.170. The van der Waals surface area contributed by atoms with Gasteiger partial charge in [-0.2, -0.15) is 0 Å². The zero-order valence-corrected chi connectivity index (χ0v) is 12.4. The van der Waals surface area contributed by atoms with Gasteiger partial charge in [-0.3, -0.25) is 19.8 Å². The molecule has 2 N–H and O–H groups in total. The van der Waals surface area contributed by atoms with E-state index in [1.807, 2.05) is 6.07 Å². The van der Waals surface area contributed by atoms with Gasteiger partial charge in [-0.25, -0.2) is 4.79 Å². The molecule has 0 atom stereocenters. The van der Waals surface area contributed by atoms with Crippen LogP contribution in [0.2, 0.25) is 0 Å². The number of para-hydroxylation sites is 1. The van der Waals surface area contributed by atoms with Crippen molar-refractivity contribution in [1.82, 2.24) is 5.32 Å². The molecule has 0 saturated carbocycles. The van der Waals surface area contributed by atoms with Crippen LogP contribution in [0.1, 0.15) is 26.7 Å². The van der Waals surface area contributed by atoms with E-state index >= 15 is 0 Å². The molecule has 0 bridgehead atoms. The Hall–Kier alpha value is -2.37. The maximum absolute atomic E-state index is 11.9. The Balaban J connectivity index is 2.58. The van der Waals surface area contributed by atoms with Gasteiger partial charge < -0.3 is 5.11 Å². The molecule has 0 aromatic heterocycles. The lowest BCUT2D eigenvalue weighted by Crippen LogP contribution is -2.42. The minimum Gasteiger partial charge on any atom is -0.481 e. The summed E-state index contributed by atoms with van der Waals surface area (Å²) >= 11 is 0. The normalized spacial score (nSPS) is 10.8. The average Bonchev–Trinajstić information content (AvgIpc) is 2.36. The lowest BCUT2D eigenvalue weighted by molar-refractivity contribution is -0.139. The van der Waals surface area contributed by atoms with Gasteiger partial charge in [0.05, 0.1) is 6.42 Å². The van der Waals surface area contributed by atoms with Crippen LogP contribution in [0.4, 0.5) is 10.5 Å². The van der Waals surface area contributed by atoms with Crippen molar-refractivity contribution in [3.05, 3.63) is 30.3 Å². The van der Waals surface area contributed by atoms with Crippen molar-refractivity contribution in [1.29, 1.82) is 0 Å². The van der Waals surface area contributed by atoms with E-state index in [0.29, 0.717) is 5.69 Å². The highest BCUT2D eigenvalue weighted by atomic mass is 16.4. The molecule has 0 aliphatic rings. The number of nitrogens with one attached hydrogen (secondary N) is 1. The van der Waals surface area contributed by atoms with Gasteiger partial charge in [-0.1, -0.05) is 32.0 Å². The second-order valence-electron chi connectivity index (χ2n) is 5.66. The van der Waals surface area contributed by atoms with Crippen molar-refractivity contribution in [3.8, 4) is 0 Å². The number of urea groups is 1. The number of carbonyl (C=O) groups excluding carboxylic acids is 2. The largest absolute Gasteiger partial charge is 0.481 e. The summed E-state index contributed by atoms with van der Waals surface area (Å²) in [5.74, 6) is -1.46. The summed E-state index contributed by atoms with van der Waals surface area (Å²) in [6.45, 7) is 3.35. The van der Waals surface area contributed by atoms with E-state index in [4.69, 9.17) is 5.11 Å². The van der Waals surface area contributed by atoms with E-state index < -0.39 is 23.3 Å². The SMILES string of the molecule is CN(C(=O)NC(=O)CC(C)(C)CC(=O)O)c1ccccc1. The van der Waals surface area contributed by atoms with Gasteiger partial charge in [0.1, 0.15) is 0 Å². The van der Waals surface area contributed by atoms with Crippen molar-refractivity contribution in [2.24, 2.45) is 5.41 Å². The number of carbonyl (C=O) groups is 3. The number of hydrogen-bond acceptors (Lipinski definition) is 3. The molecule has 0 radical (unpaired) electrons. The topological polar surface area (TPSA) is 86.7 Å². The number of anilines is 1. The highest BCUT2D eigenvalue weighted by Crippen LogP contribution is 2.24. The first kappa shape index (κ1) is 16.7. The van der Waals surface area contributed by atoms with Crippen LogP contribution >= 0.6 is 0 Å². The molecular weight excluding hydrogens is 272 g/mol. The Morgan fingerprint density at radius 1 is 1.14 bits per heavy atom. The molecule has 0 unspecified atom stereocenters. The van der Waals surface area contributed by atoms with Crippen LogP contribution in [0.5, 0.6) is 0 Å². The van der Waals surface area contributed by atoms with Crippen molar-refractivity contribution >= 4 is 23.6 Å². The Morgan fingerprint density at radius 3 is 2.24 bits per heavy atom. The molecule has 1 aromatic carbocycles. The summed E-state index contributed by atoms with van der Waals surface area (Å²) in [7, 11) is 1.56. The Morgan fingerprint density at radius 2 is 1.71 bits per heavy atom. The molecule has 0 aliphatic carbocycles. The number of hydrogen-bond donors (Lipinski definition) is 2. The molecule has 1 aromatic rings. The van der Waals surface area contributed by atoms with E-state index in [-0.39, 0.29) is 12.8 Å². The third-order valence-electron chi connectivity index (χ3n) is 2.96. The van der Waals surface area contributed by atoms with E-state index in [2.05, 4.69) is 5.32 Å². The predicted molar refractivity (Wildman–Crippen MR) is 79.0 cm³/mol. The highest BCUT2D eigenvalue weighted by Gasteiger charge is 2.26. The van der Waals surface area contributed by atoms with Crippen molar-refractivity contribution in [2.75, 3.05) is 11.9 Å². The summed E-state index contributed by atoms with van der Waals surface area (Å²) in [4.78, 5) is 35.8. The Kier molecular flexibility index (Phi) is 5.46. The lowest BCUT2D eigenvalue weighted by atomic mass is 9.85. The van der Waals surface area contributed by atoms with Crippen LogP contribution in [-0.2, 0) is 9.59 Å². The summed E-state index contributed by atoms with van der Waals surface area (Å²) in [6, 6.07) is 8.36. The number of rotatable bonds is 5. The van der Waals surface area contributed by atoms with Crippen LogP contribution < -0.4 is 10.2 Å². The molecule has 0 spiro atoms. The fourth-order valence-electron chi connectivity index (χ4n) is 1.92. The molecule has 6 heteroatoms. The molecule has 0 aliphatic heterocycles. The molecule has 6 nitrogen and oxygen atoms in total. The minimum atomic E-state index is -0.972. The second kappa shape index (κ2) is 6.88. The third kappa shape index (κ3) is 5.64. The van der Waals surface area contributed by atoms with E-state index in [1.165, 1.54) is 4.90 Å².